The molecular weight excluding hydrogens is 192 g/mol. The summed E-state index contributed by atoms with van der Waals surface area (Å²) in [5, 5.41) is 9.18. The van der Waals surface area contributed by atoms with Gasteiger partial charge in [0.15, 0.2) is 6.10 Å². The molecule has 1 N–H and O–H groups in total. The fourth-order valence-corrected chi connectivity index (χ4v) is 1.02. The predicted molar refractivity (Wildman–Crippen MR) is 55.7 cm³/mol. The molecule has 15 heavy (non-hydrogen) atoms. The molecule has 0 aliphatic carbocycles. The first-order valence-corrected chi connectivity index (χ1v) is 4.56. The Morgan fingerprint density at radius 1 is 1.47 bits per heavy atom. The zero-order chi connectivity index (χ0) is 11.1. The van der Waals surface area contributed by atoms with Crippen LogP contribution in [0.2, 0.25) is 0 Å². The van der Waals surface area contributed by atoms with Crippen molar-refractivity contribution in [2.75, 3.05) is 0 Å². The standard InChI is InChI=1S/C12H12O3/c1-2-6-11(13)12(14)15-9-10-7-4-3-5-8-10/h1,3-5,7-8,11,13H,6,9H2. The first kappa shape index (κ1) is 11.3. The fraction of sp³-hybridized carbons (Fsp3) is 0.250. The molecule has 0 heterocycles. The minimum Gasteiger partial charge on any atom is -0.459 e. The summed E-state index contributed by atoms with van der Waals surface area (Å²) < 4.78 is 4.86. The van der Waals surface area contributed by atoms with Crippen molar-refractivity contribution in [1.29, 1.82) is 0 Å². The van der Waals surface area contributed by atoms with Crippen LogP contribution in [0, 0.1) is 12.3 Å². The van der Waals surface area contributed by atoms with Gasteiger partial charge in [-0.2, -0.15) is 0 Å². The Labute approximate surface area is 88.7 Å². The van der Waals surface area contributed by atoms with Crippen molar-refractivity contribution in [3.05, 3.63) is 35.9 Å². The molecule has 1 unspecified atom stereocenters. The van der Waals surface area contributed by atoms with Crippen molar-refractivity contribution in [1.82, 2.24) is 0 Å². The Morgan fingerprint density at radius 3 is 2.73 bits per heavy atom. The highest BCUT2D eigenvalue weighted by Gasteiger charge is 2.14. The van der Waals surface area contributed by atoms with E-state index < -0.39 is 12.1 Å². The van der Waals surface area contributed by atoms with E-state index in [-0.39, 0.29) is 13.0 Å². The van der Waals surface area contributed by atoms with E-state index in [2.05, 4.69) is 5.92 Å². The highest BCUT2D eigenvalue weighted by molar-refractivity contribution is 5.74. The maximum Gasteiger partial charge on any atom is 0.336 e. The van der Waals surface area contributed by atoms with Gasteiger partial charge in [-0.05, 0) is 5.56 Å². The van der Waals surface area contributed by atoms with E-state index in [4.69, 9.17) is 11.2 Å². The first-order valence-electron chi connectivity index (χ1n) is 4.56. The molecule has 3 heteroatoms. The lowest BCUT2D eigenvalue weighted by Gasteiger charge is -2.07. The van der Waals surface area contributed by atoms with E-state index in [1.165, 1.54) is 0 Å². The fourth-order valence-electron chi connectivity index (χ4n) is 1.02. The zero-order valence-electron chi connectivity index (χ0n) is 8.22. The molecule has 0 radical (unpaired) electrons. The number of ether oxygens (including phenoxy) is 1. The number of hydrogen-bond donors (Lipinski definition) is 1. The van der Waals surface area contributed by atoms with Gasteiger partial charge in [0.1, 0.15) is 6.61 Å². The summed E-state index contributed by atoms with van der Waals surface area (Å²) in [4.78, 5) is 11.1. The average Bonchev–Trinajstić information content (AvgIpc) is 2.27. The molecule has 1 rings (SSSR count). The summed E-state index contributed by atoms with van der Waals surface area (Å²) in [6.07, 6.45) is 3.71. The largest absolute Gasteiger partial charge is 0.459 e. The Hall–Kier alpha value is -1.79. The third-order valence-corrected chi connectivity index (χ3v) is 1.81. The normalized spacial score (nSPS) is 11.5. The van der Waals surface area contributed by atoms with Crippen LogP contribution in [0.5, 0.6) is 0 Å². The van der Waals surface area contributed by atoms with E-state index >= 15 is 0 Å². The number of hydrogen-bond acceptors (Lipinski definition) is 3. The summed E-state index contributed by atoms with van der Waals surface area (Å²) in [6, 6.07) is 9.24. The average molecular weight is 204 g/mol. The van der Waals surface area contributed by atoms with Crippen molar-refractivity contribution in [2.45, 2.75) is 19.1 Å². The third-order valence-electron chi connectivity index (χ3n) is 1.81. The summed E-state index contributed by atoms with van der Waals surface area (Å²) >= 11 is 0. The minimum absolute atomic E-state index is 0.0202. The molecular formula is C12H12O3. The Balaban J connectivity index is 2.38. The molecule has 0 aromatic heterocycles. The van der Waals surface area contributed by atoms with E-state index in [9.17, 15) is 9.90 Å². The summed E-state index contributed by atoms with van der Waals surface area (Å²) in [6.45, 7) is 0.154. The lowest BCUT2D eigenvalue weighted by Crippen LogP contribution is -2.22. The van der Waals surface area contributed by atoms with Gasteiger partial charge < -0.3 is 9.84 Å². The van der Waals surface area contributed by atoms with Gasteiger partial charge in [0.2, 0.25) is 0 Å². The van der Waals surface area contributed by atoms with Crippen LogP contribution in [0.25, 0.3) is 0 Å². The van der Waals surface area contributed by atoms with Gasteiger partial charge in [-0.3, -0.25) is 0 Å². The van der Waals surface area contributed by atoms with Crippen molar-refractivity contribution < 1.29 is 14.6 Å². The van der Waals surface area contributed by atoms with Gasteiger partial charge >= 0.3 is 5.97 Å². The summed E-state index contributed by atoms with van der Waals surface area (Å²) in [5.41, 5.74) is 0.874. The number of aliphatic hydroxyl groups excluding tert-OH is 1. The molecule has 0 saturated heterocycles. The van der Waals surface area contributed by atoms with Gasteiger partial charge in [0.25, 0.3) is 0 Å². The molecule has 0 amide bonds. The Bertz CT molecular complexity index is 351. The molecule has 1 aromatic rings. The van der Waals surface area contributed by atoms with Crippen LogP contribution in [-0.2, 0) is 16.1 Å². The van der Waals surface area contributed by atoms with Crippen LogP contribution in [0.4, 0.5) is 0 Å². The number of rotatable bonds is 4. The van der Waals surface area contributed by atoms with Crippen molar-refractivity contribution in [3.63, 3.8) is 0 Å². The topological polar surface area (TPSA) is 46.5 Å². The second-order valence-electron chi connectivity index (χ2n) is 3.02. The van der Waals surface area contributed by atoms with Gasteiger partial charge in [-0.15, -0.1) is 12.3 Å². The second-order valence-corrected chi connectivity index (χ2v) is 3.02. The number of benzene rings is 1. The quantitative estimate of drug-likeness (QED) is 0.590. The molecule has 0 saturated carbocycles. The maximum absolute atomic E-state index is 11.1. The van der Waals surface area contributed by atoms with E-state index in [1.54, 1.807) is 0 Å². The van der Waals surface area contributed by atoms with Crippen LogP contribution in [-0.4, -0.2) is 17.2 Å². The lowest BCUT2D eigenvalue weighted by atomic mass is 10.2. The molecule has 0 spiro atoms. The van der Waals surface area contributed by atoms with Crippen molar-refractivity contribution in [2.24, 2.45) is 0 Å². The number of esters is 1. The molecule has 1 aromatic carbocycles. The third kappa shape index (κ3) is 3.84. The molecule has 3 nitrogen and oxygen atoms in total. The molecule has 78 valence electrons. The van der Waals surface area contributed by atoms with Crippen LogP contribution >= 0.6 is 0 Å². The molecule has 1 atom stereocenters. The number of aliphatic hydroxyl groups is 1. The number of carbonyl (C=O) groups excluding carboxylic acids is 1. The molecule has 0 aliphatic rings. The maximum atomic E-state index is 11.1. The van der Waals surface area contributed by atoms with Crippen LogP contribution in [0.15, 0.2) is 30.3 Å². The van der Waals surface area contributed by atoms with E-state index in [0.29, 0.717) is 0 Å². The Morgan fingerprint density at radius 2 is 2.13 bits per heavy atom. The van der Waals surface area contributed by atoms with Gasteiger partial charge in [-0.25, -0.2) is 4.79 Å². The van der Waals surface area contributed by atoms with Gasteiger partial charge in [-0.1, -0.05) is 30.3 Å². The molecule has 0 aliphatic heterocycles. The van der Waals surface area contributed by atoms with Crippen LogP contribution in [0.3, 0.4) is 0 Å². The van der Waals surface area contributed by atoms with Gasteiger partial charge in [0.05, 0.1) is 0 Å². The highest BCUT2D eigenvalue weighted by atomic mass is 16.5. The zero-order valence-corrected chi connectivity index (χ0v) is 8.22. The van der Waals surface area contributed by atoms with Crippen LogP contribution in [0.1, 0.15) is 12.0 Å². The summed E-state index contributed by atoms with van der Waals surface area (Å²) in [5.74, 6) is 1.51. The second kappa shape index (κ2) is 5.84. The highest BCUT2D eigenvalue weighted by Crippen LogP contribution is 2.02. The first-order chi connectivity index (χ1) is 7.24. The molecule has 0 bridgehead atoms. The predicted octanol–water partition coefficient (Wildman–Crippen LogP) is 1.11. The smallest absolute Gasteiger partial charge is 0.336 e. The van der Waals surface area contributed by atoms with E-state index in [0.717, 1.165) is 5.56 Å². The van der Waals surface area contributed by atoms with Gasteiger partial charge in [0, 0.05) is 6.42 Å². The monoisotopic (exact) mass is 204 g/mol. The van der Waals surface area contributed by atoms with Crippen molar-refractivity contribution >= 4 is 5.97 Å². The molecule has 0 fully saturated rings. The summed E-state index contributed by atoms with van der Waals surface area (Å²) in [7, 11) is 0. The van der Waals surface area contributed by atoms with Crippen LogP contribution < -0.4 is 0 Å². The Kier molecular flexibility index (Phi) is 4.39. The SMILES string of the molecule is C#CCC(O)C(=O)OCc1ccccc1. The van der Waals surface area contributed by atoms with E-state index in [1.807, 2.05) is 30.3 Å². The number of terminal acetylenes is 1. The van der Waals surface area contributed by atoms with Crippen molar-refractivity contribution in [3.8, 4) is 12.3 Å². The minimum atomic E-state index is -1.22. The lowest BCUT2D eigenvalue weighted by molar-refractivity contribution is -0.154. The number of carbonyl (C=O) groups is 1.